The van der Waals surface area contributed by atoms with Crippen LogP contribution in [0.4, 0.5) is 5.69 Å². The van der Waals surface area contributed by atoms with Crippen LogP contribution in [0.3, 0.4) is 0 Å². The Kier molecular flexibility index (Phi) is 5.19. The number of guanidine groups is 1. The molecule has 5 heteroatoms. The third-order valence-corrected chi connectivity index (χ3v) is 5.11. The van der Waals surface area contributed by atoms with E-state index in [0.717, 1.165) is 25.1 Å². The summed E-state index contributed by atoms with van der Waals surface area (Å²) in [4.78, 5) is 8.70. The average Bonchev–Trinajstić information content (AvgIpc) is 3.21. The molecular formula is C22H25N5. The first-order chi connectivity index (χ1) is 13.3. The highest BCUT2D eigenvalue weighted by Crippen LogP contribution is 2.27. The number of hydrogen-bond acceptors (Lipinski definition) is 2. The number of nitrogens with two attached hydrogens (primary N) is 1. The van der Waals surface area contributed by atoms with Gasteiger partial charge in [-0.05, 0) is 54.0 Å². The number of imidazole rings is 1. The summed E-state index contributed by atoms with van der Waals surface area (Å²) < 4.78 is 2.06. The maximum absolute atomic E-state index is 6.20. The molecule has 5 nitrogen and oxygen atoms in total. The minimum Gasteiger partial charge on any atom is -0.370 e. The monoisotopic (exact) mass is 359 g/mol. The highest BCUT2D eigenvalue weighted by molar-refractivity contribution is 5.93. The first kappa shape index (κ1) is 17.3. The number of fused-ring (bicyclic) bond motifs is 1. The fourth-order valence-electron chi connectivity index (χ4n) is 3.69. The lowest BCUT2D eigenvalue weighted by molar-refractivity contribution is 0.687. The highest BCUT2D eigenvalue weighted by atomic mass is 15.1. The van der Waals surface area contributed by atoms with Gasteiger partial charge in [-0.2, -0.15) is 0 Å². The SMILES string of the molecule is NC(=NCc1ccccc1Cn1ccnc1)Nc1cccc2c1CCCC2. The molecule has 0 saturated carbocycles. The summed E-state index contributed by atoms with van der Waals surface area (Å²) in [6.45, 7) is 1.34. The van der Waals surface area contributed by atoms with E-state index >= 15 is 0 Å². The van der Waals surface area contributed by atoms with Crippen molar-refractivity contribution >= 4 is 11.6 Å². The second kappa shape index (κ2) is 8.08. The summed E-state index contributed by atoms with van der Waals surface area (Å²) in [5.74, 6) is 0.464. The Morgan fingerprint density at radius 2 is 1.93 bits per heavy atom. The topological polar surface area (TPSA) is 68.2 Å². The zero-order chi connectivity index (χ0) is 18.5. The molecule has 1 aliphatic carbocycles. The average molecular weight is 359 g/mol. The molecule has 0 spiro atoms. The van der Waals surface area contributed by atoms with Crippen LogP contribution < -0.4 is 11.1 Å². The Balaban J connectivity index is 1.47. The highest BCUT2D eigenvalue weighted by Gasteiger charge is 2.13. The molecule has 0 bridgehead atoms. The van der Waals surface area contributed by atoms with Crippen molar-refractivity contribution in [3.8, 4) is 0 Å². The Labute approximate surface area is 160 Å². The van der Waals surface area contributed by atoms with Gasteiger partial charge in [-0.25, -0.2) is 9.98 Å². The normalized spacial score (nSPS) is 14.0. The summed E-state index contributed by atoms with van der Waals surface area (Å²) in [5.41, 5.74) is 12.5. The lowest BCUT2D eigenvalue weighted by Crippen LogP contribution is -2.24. The fourth-order valence-corrected chi connectivity index (χ4v) is 3.69. The molecular weight excluding hydrogens is 334 g/mol. The summed E-state index contributed by atoms with van der Waals surface area (Å²) in [6, 6.07) is 14.7. The minimum atomic E-state index is 0.464. The van der Waals surface area contributed by atoms with E-state index in [9.17, 15) is 0 Å². The van der Waals surface area contributed by atoms with Crippen molar-refractivity contribution in [2.75, 3.05) is 5.32 Å². The van der Waals surface area contributed by atoms with Crippen molar-refractivity contribution in [3.05, 3.63) is 83.4 Å². The number of aliphatic imine (C=N–C) groups is 1. The number of aromatic nitrogens is 2. The van der Waals surface area contributed by atoms with Crippen molar-refractivity contribution in [1.82, 2.24) is 9.55 Å². The standard InChI is InChI=1S/C22H25N5/c23-22(26-21-11-5-9-17-6-3-4-10-20(17)21)25-14-18-7-1-2-8-19(18)15-27-13-12-24-16-27/h1-2,5,7-9,11-13,16H,3-4,6,10,14-15H2,(H3,23,25,26). The third kappa shape index (κ3) is 4.19. The van der Waals surface area contributed by atoms with E-state index in [2.05, 4.69) is 56.3 Å². The van der Waals surface area contributed by atoms with Gasteiger partial charge >= 0.3 is 0 Å². The summed E-state index contributed by atoms with van der Waals surface area (Å²) in [7, 11) is 0. The van der Waals surface area contributed by atoms with E-state index < -0.39 is 0 Å². The molecule has 4 rings (SSSR count). The molecule has 0 unspecified atom stereocenters. The lowest BCUT2D eigenvalue weighted by atomic mass is 9.90. The number of nitrogens with zero attached hydrogens (tertiary/aromatic N) is 3. The second-order valence-corrected chi connectivity index (χ2v) is 6.98. The van der Waals surface area contributed by atoms with E-state index in [0.29, 0.717) is 12.5 Å². The Morgan fingerprint density at radius 1 is 1.07 bits per heavy atom. The van der Waals surface area contributed by atoms with Gasteiger partial charge in [-0.15, -0.1) is 0 Å². The van der Waals surface area contributed by atoms with Gasteiger partial charge in [-0.1, -0.05) is 36.4 Å². The van der Waals surface area contributed by atoms with Crippen molar-refractivity contribution in [2.45, 2.75) is 38.8 Å². The van der Waals surface area contributed by atoms with Gasteiger partial charge in [0.15, 0.2) is 5.96 Å². The van der Waals surface area contributed by atoms with E-state index in [4.69, 9.17) is 5.73 Å². The van der Waals surface area contributed by atoms with Gasteiger partial charge in [0.25, 0.3) is 0 Å². The molecule has 0 aliphatic heterocycles. The van der Waals surface area contributed by atoms with E-state index in [1.54, 1.807) is 6.20 Å². The number of hydrogen-bond donors (Lipinski definition) is 2. The molecule has 0 radical (unpaired) electrons. The number of aryl methyl sites for hydroxylation is 1. The van der Waals surface area contributed by atoms with Gasteiger partial charge in [0.05, 0.1) is 12.9 Å². The third-order valence-electron chi connectivity index (χ3n) is 5.11. The van der Waals surface area contributed by atoms with Gasteiger partial charge in [0.1, 0.15) is 0 Å². The quantitative estimate of drug-likeness (QED) is 0.539. The second-order valence-electron chi connectivity index (χ2n) is 6.98. The fraction of sp³-hybridized carbons (Fsp3) is 0.273. The minimum absolute atomic E-state index is 0.464. The van der Waals surface area contributed by atoms with Crippen molar-refractivity contribution in [1.29, 1.82) is 0 Å². The summed E-state index contributed by atoms with van der Waals surface area (Å²) in [5, 5.41) is 3.32. The molecule has 3 aromatic rings. The maximum Gasteiger partial charge on any atom is 0.193 e. The maximum atomic E-state index is 6.20. The zero-order valence-corrected chi connectivity index (χ0v) is 15.4. The molecule has 2 aromatic carbocycles. The molecule has 1 heterocycles. The van der Waals surface area contributed by atoms with Crippen LogP contribution in [0.25, 0.3) is 0 Å². The van der Waals surface area contributed by atoms with Gasteiger partial charge in [0, 0.05) is 24.6 Å². The largest absolute Gasteiger partial charge is 0.370 e. The predicted molar refractivity (Wildman–Crippen MR) is 110 cm³/mol. The van der Waals surface area contributed by atoms with Crippen LogP contribution in [0.15, 0.2) is 66.2 Å². The predicted octanol–water partition coefficient (Wildman–Crippen LogP) is 3.74. The van der Waals surface area contributed by atoms with Crippen LogP contribution in [0.1, 0.15) is 35.1 Å². The van der Waals surface area contributed by atoms with E-state index in [1.165, 1.54) is 35.1 Å². The van der Waals surface area contributed by atoms with Crippen LogP contribution >= 0.6 is 0 Å². The molecule has 1 aliphatic rings. The molecule has 0 fully saturated rings. The first-order valence-corrected chi connectivity index (χ1v) is 9.50. The molecule has 0 amide bonds. The lowest BCUT2D eigenvalue weighted by Gasteiger charge is -2.19. The number of anilines is 1. The zero-order valence-electron chi connectivity index (χ0n) is 15.4. The smallest absolute Gasteiger partial charge is 0.193 e. The van der Waals surface area contributed by atoms with Gasteiger partial charge in [-0.3, -0.25) is 0 Å². The summed E-state index contributed by atoms with van der Waals surface area (Å²) in [6.07, 6.45) is 10.4. The van der Waals surface area contributed by atoms with Crippen LogP contribution in [-0.4, -0.2) is 15.5 Å². The Hall–Kier alpha value is -3.08. The molecule has 138 valence electrons. The molecule has 0 saturated heterocycles. The van der Waals surface area contributed by atoms with Crippen LogP contribution in [0.5, 0.6) is 0 Å². The molecule has 3 N–H and O–H groups in total. The summed E-state index contributed by atoms with van der Waals surface area (Å²) >= 11 is 0. The van der Waals surface area contributed by atoms with E-state index in [-0.39, 0.29) is 0 Å². The first-order valence-electron chi connectivity index (χ1n) is 9.50. The van der Waals surface area contributed by atoms with Crippen molar-refractivity contribution in [3.63, 3.8) is 0 Å². The van der Waals surface area contributed by atoms with Crippen molar-refractivity contribution in [2.24, 2.45) is 10.7 Å². The molecule has 1 aromatic heterocycles. The van der Waals surface area contributed by atoms with Crippen LogP contribution in [-0.2, 0) is 25.9 Å². The van der Waals surface area contributed by atoms with Gasteiger partial charge in [0.2, 0.25) is 0 Å². The Bertz CT molecular complexity index is 928. The Morgan fingerprint density at radius 3 is 2.78 bits per heavy atom. The van der Waals surface area contributed by atoms with E-state index in [1.807, 2.05) is 18.6 Å². The number of rotatable bonds is 5. The van der Waals surface area contributed by atoms with Crippen molar-refractivity contribution < 1.29 is 0 Å². The molecule has 0 atom stereocenters. The van der Waals surface area contributed by atoms with Crippen LogP contribution in [0, 0.1) is 0 Å². The number of benzene rings is 2. The molecule has 27 heavy (non-hydrogen) atoms. The van der Waals surface area contributed by atoms with Gasteiger partial charge < -0.3 is 15.6 Å². The number of nitrogens with one attached hydrogen (secondary N) is 1. The van der Waals surface area contributed by atoms with Crippen LogP contribution in [0.2, 0.25) is 0 Å².